The maximum atomic E-state index is 13.2. The van der Waals surface area contributed by atoms with Gasteiger partial charge in [-0.3, -0.25) is 14.5 Å². The van der Waals surface area contributed by atoms with E-state index in [0.29, 0.717) is 6.42 Å². The van der Waals surface area contributed by atoms with E-state index < -0.39 is 5.97 Å². The fraction of sp³-hybridized carbons (Fsp3) is 0.905. The van der Waals surface area contributed by atoms with Crippen LogP contribution >= 0.6 is 0 Å². The quantitative estimate of drug-likeness (QED) is 0.382. The lowest BCUT2D eigenvalue weighted by molar-refractivity contribution is -0.140. The summed E-state index contributed by atoms with van der Waals surface area (Å²) in [6, 6.07) is -0.300. The second kappa shape index (κ2) is 16.1. The number of rotatable bonds is 17. The van der Waals surface area contributed by atoms with Gasteiger partial charge in [-0.2, -0.15) is 0 Å². The van der Waals surface area contributed by atoms with Gasteiger partial charge in [0, 0.05) is 19.5 Å². The van der Waals surface area contributed by atoms with Gasteiger partial charge in [0.1, 0.15) is 0 Å². The molecule has 1 N–H and O–H groups in total. The summed E-state index contributed by atoms with van der Waals surface area (Å²) in [5, 5.41) is 9.12. The minimum Gasteiger partial charge on any atom is -0.481 e. The van der Waals surface area contributed by atoms with Gasteiger partial charge in [-0.25, -0.2) is 0 Å². The molecule has 0 aromatic rings. The van der Waals surface area contributed by atoms with E-state index in [-0.39, 0.29) is 18.4 Å². The molecule has 0 aliphatic rings. The van der Waals surface area contributed by atoms with Gasteiger partial charge in [0.25, 0.3) is 0 Å². The summed E-state index contributed by atoms with van der Waals surface area (Å²) < 4.78 is 0. The minimum absolute atomic E-state index is 0.0528. The van der Waals surface area contributed by atoms with Crippen molar-refractivity contribution in [1.29, 1.82) is 0 Å². The lowest BCUT2D eigenvalue weighted by Gasteiger charge is -2.34. The summed E-state index contributed by atoms with van der Waals surface area (Å²) in [5.41, 5.74) is 0. The second-order valence-corrected chi connectivity index (χ2v) is 7.17. The maximum absolute atomic E-state index is 13.2. The molecule has 1 amide bonds. The highest BCUT2D eigenvalue weighted by atomic mass is 16.4. The van der Waals surface area contributed by atoms with Crippen molar-refractivity contribution in [2.75, 3.05) is 26.2 Å². The van der Waals surface area contributed by atoms with E-state index in [4.69, 9.17) is 5.11 Å². The predicted molar refractivity (Wildman–Crippen MR) is 108 cm³/mol. The van der Waals surface area contributed by atoms with Crippen LogP contribution in [0.4, 0.5) is 0 Å². The monoisotopic (exact) mass is 370 g/mol. The van der Waals surface area contributed by atoms with Crippen LogP contribution in [0.15, 0.2) is 0 Å². The fourth-order valence-electron chi connectivity index (χ4n) is 3.24. The predicted octanol–water partition coefficient (Wildman–Crippen LogP) is 4.55. The van der Waals surface area contributed by atoms with Gasteiger partial charge >= 0.3 is 5.97 Å². The first kappa shape index (κ1) is 24.9. The Balaban J connectivity index is 5.10. The number of carbonyl (C=O) groups excluding carboxylic acids is 1. The fourth-order valence-corrected chi connectivity index (χ4v) is 3.24. The SMILES string of the molecule is CCCCCCN(CC)[C@@H](CCC(=O)O)C(=O)N(CCCC)CCCC. The van der Waals surface area contributed by atoms with Crippen molar-refractivity contribution < 1.29 is 14.7 Å². The van der Waals surface area contributed by atoms with Gasteiger partial charge in [-0.1, -0.05) is 59.8 Å². The highest BCUT2D eigenvalue weighted by molar-refractivity contribution is 5.82. The van der Waals surface area contributed by atoms with Crippen LogP contribution in [-0.4, -0.2) is 59.0 Å². The average Bonchev–Trinajstić information content (AvgIpc) is 2.63. The van der Waals surface area contributed by atoms with Gasteiger partial charge in [-0.05, 0) is 38.8 Å². The van der Waals surface area contributed by atoms with E-state index in [1.165, 1.54) is 19.3 Å². The van der Waals surface area contributed by atoms with E-state index in [9.17, 15) is 9.59 Å². The third-order valence-electron chi connectivity index (χ3n) is 4.94. The Morgan fingerprint density at radius 1 is 0.808 bits per heavy atom. The Morgan fingerprint density at radius 3 is 1.85 bits per heavy atom. The molecule has 0 radical (unpaired) electrons. The Bertz CT molecular complexity index is 366. The van der Waals surface area contributed by atoms with E-state index in [1.807, 2.05) is 4.90 Å². The zero-order valence-corrected chi connectivity index (χ0v) is 17.6. The van der Waals surface area contributed by atoms with Crippen molar-refractivity contribution in [2.24, 2.45) is 0 Å². The first-order valence-electron chi connectivity index (χ1n) is 10.8. The Kier molecular flexibility index (Phi) is 15.4. The molecule has 0 saturated carbocycles. The first-order chi connectivity index (χ1) is 12.5. The topological polar surface area (TPSA) is 60.9 Å². The third-order valence-corrected chi connectivity index (χ3v) is 4.94. The normalized spacial score (nSPS) is 12.3. The molecule has 0 heterocycles. The molecular formula is C21H42N2O3. The molecule has 0 rings (SSSR count). The molecule has 5 nitrogen and oxygen atoms in total. The molecule has 0 fully saturated rings. The molecule has 0 aromatic carbocycles. The largest absolute Gasteiger partial charge is 0.481 e. The van der Waals surface area contributed by atoms with Crippen LogP contribution in [0.1, 0.15) is 91.9 Å². The van der Waals surface area contributed by atoms with E-state index in [1.54, 1.807) is 0 Å². The number of hydrogen-bond acceptors (Lipinski definition) is 3. The van der Waals surface area contributed by atoms with Crippen molar-refractivity contribution in [3.05, 3.63) is 0 Å². The van der Waals surface area contributed by atoms with Gasteiger partial charge in [0.15, 0.2) is 0 Å². The smallest absolute Gasteiger partial charge is 0.303 e. The summed E-state index contributed by atoms with van der Waals surface area (Å²) in [6.07, 6.45) is 9.23. The summed E-state index contributed by atoms with van der Waals surface area (Å²) in [7, 11) is 0. The molecular weight excluding hydrogens is 328 g/mol. The zero-order valence-electron chi connectivity index (χ0n) is 17.6. The molecule has 154 valence electrons. The van der Waals surface area contributed by atoms with Crippen molar-refractivity contribution in [3.63, 3.8) is 0 Å². The minimum atomic E-state index is -0.821. The van der Waals surface area contributed by atoms with Crippen LogP contribution in [0.5, 0.6) is 0 Å². The lowest BCUT2D eigenvalue weighted by atomic mass is 10.1. The van der Waals surface area contributed by atoms with Crippen molar-refractivity contribution in [2.45, 2.75) is 97.9 Å². The number of amides is 1. The zero-order chi connectivity index (χ0) is 19.8. The van der Waals surface area contributed by atoms with Crippen LogP contribution in [0.25, 0.3) is 0 Å². The number of carboxylic acid groups (broad SMARTS) is 1. The average molecular weight is 371 g/mol. The van der Waals surface area contributed by atoms with Crippen molar-refractivity contribution in [1.82, 2.24) is 9.80 Å². The molecule has 0 unspecified atom stereocenters. The summed E-state index contributed by atoms with van der Waals surface area (Å²) in [4.78, 5) is 28.5. The number of aliphatic carboxylic acids is 1. The number of hydrogen-bond donors (Lipinski definition) is 1. The molecule has 0 aliphatic heterocycles. The summed E-state index contributed by atoms with van der Waals surface area (Å²) in [5.74, 6) is -0.691. The standard InChI is InChI=1S/C21H42N2O3/c1-5-9-12-13-18-22(8-4)19(14-15-20(24)25)21(26)23(16-10-6-2)17-11-7-3/h19H,5-18H2,1-4H3,(H,24,25)/t19-/m0/s1. The number of carboxylic acids is 1. The summed E-state index contributed by atoms with van der Waals surface area (Å²) in [6.45, 7) is 11.8. The highest BCUT2D eigenvalue weighted by Crippen LogP contribution is 2.15. The molecule has 0 bridgehead atoms. The number of unbranched alkanes of at least 4 members (excludes halogenated alkanes) is 5. The first-order valence-corrected chi connectivity index (χ1v) is 10.8. The van der Waals surface area contributed by atoms with Gasteiger partial charge in [0.2, 0.25) is 5.91 Å². The van der Waals surface area contributed by atoms with Crippen LogP contribution in [0.2, 0.25) is 0 Å². The van der Waals surface area contributed by atoms with Gasteiger partial charge in [0.05, 0.1) is 6.04 Å². The molecule has 0 aromatic heterocycles. The van der Waals surface area contributed by atoms with Crippen LogP contribution < -0.4 is 0 Å². The number of likely N-dealkylation sites (N-methyl/N-ethyl adjacent to an activating group) is 1. The van der Waals surface area contributed by atoms with E-state index >= 15 is 0 Å². The number of carbonyl (C=O) groups is 2. The number of nitrogens with zero attached hydrogens (tertiary/aromatic N) is 2. The second-order valence-electron chi connectivity index (χ2n) is 7.17. The third kappa shape index (κ3) is 10.8. The Morgan fingerprint density at radius 2 is 1.38 bits per heavy atom. The molecule has 0 spiro atoms. The Hall–Kier alpha value is -1.10. The highest BCUT2D eigenvalue weighted by Gasteiger charge is 2.29. The van der Waals surface area contributed by atoms with E-state index in [2.05, 4.69) is 32.6 Å². The van der Waals surface area contributed by atoms with E-state index in [0.717, 1.165) is 58.3 Å². The molecule has 0 aliphatic carbocycles. The Labute approximate surface area is 161 Å². The molecule has 1 atom stereocenters. The maximum Gasteiger partial charge on any atom is 0.303 e. The molecule has 26 heavy (non-hydrogen) atoms. The summed E-state index contributed by atoms with van der Waals surface area (Å²) >= 11 is 0. The van der Waals surface area contributed by atoms with Gasteiger partial charge in [-0.15, -0.1) is 0 Å². The van der Waals surface area contributed by atoms with Crippen molar-refractivity contribution in [3.8, 4) is 0 Å². The van der Waals surface area contributed by atoms with Crippen molar-refractivity contribution >= 4 is 11.9 Å². The molecule has 0 saturated heterocycles. The lowest BCUT2D eigenvalue weighted by Crippen LogP contribution is -2.49. The van der Waals surface area contributed by atoms with Crippen LogP contribution in [-0.2, 0) is 9.59 Å². The van der Waals surface area contributed by atoms with Crippen LogP contribution in [0.3, 0.4) is 0 Å². The van der Waals surface area contributed by atoms with Crippen LogP contribution in [0, 0.1) is 0 Å². The van der Waals surface area contributed by atoms with Gasteiger partial charge < -0.3 is 10.0 Å². The molecule has 5 heteroatoms.